The van der Waals surface area contributed by atoms with Crippen molar-refractivity contribution in [1.29, 1.82) is 0 Å². The van der Waals surface area contributed by atoms with Gasteiger partial charge >= 0.3 is 29.6 Å². The molecule has 6 nitrogen and oxygen atoms in total. The number of benzene rings is 2. The summed E-state index contributed by atoms with van der Waals surface area (Å²) in [7, 11) is 0. The first kappa shape index (κ1) is 17.6. The van der Waals surface area contributed by atoms with Crippen LogP contribution in [0.2, 0.25) is 0 Å². The molecule has 27 heavy (non-hydrogen) atoms. The summed E-state index contributed by atoms with van der Waals surface area (Å²) in [6.07, 6.45) is 5.73. The molecular weight excluding hydrogens is 347 g/mol. The number of hydrogen-bond donors (Lipinski definition) is 1. The van der Waals surface area contributed by atoms with Gasteiger partial charge in [0.25, 0.3) is 0 Å². The average molecular weight is 360 g/mol. The van der Waals surface area contributed by atoms with Crippen molar-refractivity contribution in [2.45, 2.75) is 0 Å². The number of rotatable bonds is 2. The minimum Gasteiger partial charge on any atom is -0.398 e. The summed E-state index contributed by atoms with van der Waals surface area (Å²) in [5, 5.41) is 0. The van der Waals surface area contributed by atoms with E-state index in [-0.39, 0.29) is 29.6 Å². The van der Waals surface area contributed by atoms with Crippen LogP contribution < -0.4 is 35.3 Å². The van der Waals surface area contributed by atoms with Gasteiger partial charge in [-0.3, -0.25) is 4.99 Å². The first-order valence-corrected chi connectivity index (χ1v) is 8.15. The van der Waals surface area contributed by atoms with E-state index in [1.165, 1.54) is 0 Å². The predicted molar refractivity (Wildman–Crippen MR) is 103 cm³/mol. The molecular formula is C20H13N6Na. The van der Waals surface area contributed by atoms with Crippen LogP contribution in [-0.2, 0) is 0 Å². The van der Waals surface area contributed by atoms with Crippen LogP contribution in [0, 0.1) is 6.07 Å². The van der Waals surface area contributed by atoms with E-state index in [0.29, 0.717) is 29.1 Å². The Kier molecular flexibility index (Phi) is 4.61. The number of nitrogens with zero attached hydrogens (tertiary/aromatic N) is 5. The fraction of sp³-hybridized carbons (Fsp3) is 0. The van der Waals surface area contributed by atoms with Crippen LogP contribution in [0.3, 0.4) is 0 Å². The van der Waals surface area contributed by atoms with Crippen molar-refractivity contribution in [3.63, 3.8) is 0 Å². The number of aliphatic imine (C=N–C) groups is 4. The van der Waals surface area contributed by atoms with Crippen molar-refractivity contribution in [1.82, 2.24) is 4.90 Å². The zero-order chi connectivity index (χ0) is 17.5. The Morgan fingerprint density at radius 2 is 1.74 bits per heavy atom. The SMILES string of the molecule is Nc1ccccc1C1=NC2=CC=CC3=NC(c4[c-]cccc4)=NC(=N1)N23.[Na+]. The standard InChI is InChI=1S/C20H13N6.Na/c21-15-10-5-4-9-14(15)19-23-17-12-6-11-16-22-18(13-7-2-1-3-8-13)24-20(25-19)26(16)17;/h1-7,9-12H,21H2;/q-1;+1. The maximum atomic E-state index is 6.10. The summed E-state index contributed by atoms with van der Waals surface area (Å²) >= 11 is 0. The van der Waals surface area contributed by atoms with Gasteiger partial charge in [-0.1, -0.05) is 18.2 Å². The quantitative estimate of drug-likeness (QED) is 0.456. The molecule has 0 bridgehead atoms. The van der Waals surface area contributed by atoms with Crippen LogP contribution in [-0.4, -0.2) is 28.4 Å². The monoisotopic (exact) mass is 360 g/mol. The molecule has 3 aliphatic rings. The largest absolute Gasteiger partial charge is 1.00 e. The van der Waals surface area contributed by atoms with Gasteiger partial charge < -0.3 is 5.73 Å². The maximum Gasteiger partial charge on any atom is 1.00 e. The number of nitrogen functional groups attached to an aromatic ring is 1. The van der Waals surface area contributed by atoms with Crippen LogP contribution in [0.25, 0.3) is 0 Å². The van der Waals surface area contributed by atoms with E-state index < -0.39 is 0 Å². The van der Waals surface area contributed by atoms with Crippen LogP contribution in [0.5, 0.6) is 0 Å². The third-order valence-corrected chi connectivity index (χ3v) is 4.15. The van der Waals surface area contributed by atoms with E-state index in [4.69, 9.17) is 5.73 Å². The van der Waals surface area contributed by atoms with E-state index in [1.54, 1.807) is 0 Å². The molecule has 0 saturated heterocycles. The summed E-state index contributed by atoms with van der Waals surface area (Å²) in [6, 6.07) is 18.3. The maximum absolute atomic E-state index is 6.10. The summed E-state index contributed by atoms with van der Waals surface area (Å²) in [5.74, 6) is 3.08. The molecule has 0 atom stereocenters. The summed E-state index contributed by atoms with van der Waals surface area (Å²) in [4.78, 5) is 20.4. The van der Waals surface area contributed by atoms with Gasteiger partial charge in [-0.25, -0.2) is 14.9 Å². The molecule has 5 rings (SSSR count). The van der Waals surface area contributed by atoms with E-state index in [2.05, 4.69) is 26.0 Å². The van der Waals surface area contributed by atoms with Gasteiger partial charge in [0, 0.05) is 11.3 Å². The Hall–Kier alpha value is -2.80. The van der Waals surface area contributed by atoms with Gasteiger partial charge in [-0.2, -0.15) is 4.99 Å². The molecule has 7 heteroatoms. The van der Waals surface area contributed by atoms with Crippen molar-refractivity contribution in [3.8, 4) is 0 Å². The molecule has 3 heterocycles. The smallest absolute Gasteiger partial charge is 0.398 e. The number of anilines is 1. The van der Waals surface area contributed by atoms with Crippen LogP contribution in [0.4, 0.5) is 5.69 Å². The van der Waals surface area contributed by atoms with Crippen LogP contribution in [0.15, 0.2) is 92.5 Å². The molecule has 2 aromatic carbocycles. The van der Waals surface area contributed by atoms with Gasteiger partial charge in [0.1, 0.15) is 11.7 Å². The number of para-hydroxylation sites is 1. The van der Waals surface area contributed by atoms with E-state index in [9.17, 15) is 0 Å². The zero-order valence-corrected chi connectivity index (χ0v) is 16.7. The van der Waals surface area contributed by atoms with E-state index in [1.807, 2.05) is 71.7 Å². The minimum absolute atomic E-state index is 0. The van der Waals surface area contributed by atoms with Gasteiger partial charge in [-0.15, -0.1) is 35.9 Å². The summed E-state index contributed by atoms with van der Waals surface area (Å²) in [6.45, 7) is 0. The molecule has 0 spiro atoms. The third kappa shape index (κ3) is 3.08. The third-order valence-electron chi connectivity index (χ3n) is 4.15. The molecule has 2 aromatic rings. The normalized spacial score (nSPS) is 16.9. The van der Waals surface area contributed by atoms with Crippen molar-refractivity contribution >= 4 is 29.2 Å². The molecule has 2 N–H and O–H groups in total. The first-order chi connectivity index (χ1) is 12.8. The second-order valence-corrected chi connectivity index (χ2v) is 5.84. The second kappa shape index (κ2) is 7.08. The van der Waals surface area contributed by atoms with Crippen molar-refractivity contribution in [2.75, 3.05) is 5.73 Å². The Balaban J connectivity index is 0.00000180. The van der Waals surface area contributed by atoms with Crippen LogP contribution >= 0.6 is 0 Å². The molecule has 0 aromatic heterocycles. The molecule has 0 amide bonds. The van der Waals surface area contributed by atoms with Gasteiger partial charge in [0.05, 0.1) is 5.84 Å². The fourth-order valence-corrected chi connectivity index (χ4v) is 2.92. The topological polar surface area (TPSA) is 78.7 Å². The molecule has 3 aliphatic heterocycles. The Bertz CT molecular complexity index is 1090. The van der Waals surface area contributed by atoms with Crippen molar-refractivity contribution in [3.05, 3.63) is 89.8 Å². The van der Waals surface area contributed by atoms with Gasteiger partial charge in [0.15, 0.2) is 5.84 Å². The molecule has 0 radical (unpaired) electrons. The number of guanidine groups is 1. The van der Waals surface area contributed by atoms with Crippen molar-refractivity contribution < 1.29 is 29.6 Å². The Morgan fingerprint density at radius 1 is 0.889 bits per heavy atom. The van der Waals surface area contributed by atoms with Gasteiger partial charge in [0.2, 0.25) is 5.96 Å². The average Bonchev–Trinajstić information content (AvgIpc) is 2.69. The molecule has 0 unspecified atom stereocenters. The molecule has 0 saturated carbocycles. The predicted octanol–water partition coefficient (Wildman–Crippen LogP) is -0.239. The van der Waals surface area contributed by atoms with Crippen LogP contribution in [0.1, 0.15) is 11.1 Å². The minimum atomic E-state index is 0. The first-order valence-electron chi connectivity index (χ1n) is 8.15. The number of nitrogens with two attached hydrogens (primary N) is 1. The number of hydrogen-bond acceptors (Lipinski definition) is 6. The van der Waals surface area contributed by atoms with E-state index >= 15 is 0 Å². The second-order valence-electron chi connectivity index (χ2n) is 5.84. The molecule has 0 aliphatic carbocycles. The van der Waals surface area contributed by atoms with Gasteiger partial charge in [-0.05, 0) is 24.3 Å². The van der Waals surface area contributed by atoms with E-state index in [0.717, 1.165) is 17.0 Å². The summed E-state index contributed by atoms with van der Waals surface area (Å²) in [5.41, 5.74) is 8.33. The molecule has 124 valence electrons. The zero-order valence-electron chi connectivity index (χ0n) is 14.7. The number of allylic oxidation sites excluding steroid dienone is 2. The molecule has 0 fully saturated rings. The number of amidine groups is 3. The fourth-order valence-electron chi connectivity index (χ4n) is 2.92. The Morgan fingerprint density at radius 3 is 2.56 bits per heavy atom. The Labute approximate surface area is 178 Å². The van der Waals surface area contributed by atoms with Crippen molar-refractivity contribution in [2.24, 2.45) is 20.0 Å². The summed E-state index contributed by atoms with van der Waals surface area (Å²) < 4.78 is 0.